The molecule has 1 fully saturated rings. The van der Waals surface area contributed by atoms with Crippen molar-refractivity contribution in [3.63, 3.8) is 0 Å². The SMILES string of the molecule is COc1ccc(N2C(=O)NC(=O)/C(=C\c3cccn3-c3ccccc3)C2=O)cc1. The molecule has 4 amide bonds. The zero-order chi connectivity index (χ0) is 20.4. The first-order valence-electron chi connectivity index (χ1n) is 8.87. The summed E-state index contributed by atoms with van der Waals surface area (Å²) in [5, 5.41) is 2.23. The second-order valence-electron chi connectivity index (χ2n) is 6.29. The van der Waals surface area contributed by atoms with Gasteiger partial charge in [0.2, 0.25) is 0 Å². The molecule has 1 aromatic heterocycles. The highest BCUT2D eigenvalue weighted by Gasteiger charge is 2.37. The topological polar surface area (TPSA) is 80.6 Å². The third kappa shape index (κ3) is 3.41. The molecule has 0 saturated carbocycles. The number of hydrogen-bond donors (Lipinski definition) is 1. The van der Waals surface area contributed by atoms with E-state index in [1.165, 1.54) is 13.2 Å². The van der Waals surface area contributed by atoms with Crippen molar-refractivity contribution in [2.45, 2.75) is 0 Å². The van der Waals surface area contributed by atoms with Crippen LogP contribution in [0.15, 0.2) is 78.5 Å². The van der Waals surface area contributed by atoms with E-state index < -0.39 is 17.8 Å². The molecule has 2 aromatic carbocycles. The standard InChI is InChI=1S/C22H17N3O4/c1-29-18-11-9-16(10-12-18)25-21(27)19(20(26)23-22(25)28)14-17-8-5-13-24(17)15-6-3-2-4-7-15/h2-14H,1H3,(H,23,26,28)/b19-14+. The lowest BCUT2D eigenvalue weighted by Crippen LogP contribution is -2.54. The van der Waals surface area contributed by atoms with Crippen LogP contribution in [0.4, 0.5) is 10.5 Å². The number of methoxy groups -OCH3 is 1. The Morgan fingerprint density at radius 1 is 0.862 bits per heavy atom. The van der Waals surface area contributed by atoms with Crippen LogP contribution in [0.5, 0.6) is 5.75 Å². The summed E-state index contributed by atoms with van der Waals surface area (Å²) < 4.78 is 6.95. The summed E-state index contributed by atoms with van der Waals surface area (Å²) in [5.74, 6) is -0.832. The zero-order valence-corrected chi connectivity index (χ0v) is 15.5. The molecule has 4 rings (SSSR count). The lowest BCUT2D eigenvalue weighted by Gasteiger charge is -2.26. The molecule has 0 radical (unpaired) electrons. The van der Waals surface area contributed by atoms with Crippen LogP contribution in [-0.2, 0) is 9.59 Å². The number of nitrogens with zero attached hydrogens (tertiary/aromatic N) is 2. The second kappa shape index (κ2) is 7.47. The third-order valence-corrected chi connectivity index (χ3v) is 4.54. The molecule has 7 nitrogen and oxygen atoms in total. The summed E-state index contributed by atoms with van der Waals surface area (Å²) >= 11 is 0. The van der Waals surface area contributed by atoms with Gasteiger partial charge in [-0.05, 0) is 54.6 Å². The van der Waals surface area contributed by atoms with E-state index >= 15 is 0 Å². The van der Waals surface area contributed by atoms with Gasteiger partial charge in [-0.25, -0.2) is 9.69 Å². The predicted molar refractivity (Wildman–Crippen MR) is 108 cm³/mol. The van der Waals surface area contributed by atoms with Gasteiger partial charge in [-0.2, -0.15) is 0 Å². The molecule has 1 N–H and O–H groups in total. The summed E-state index contributed by atoms with van der Waals surface area (Å²) in [7, 11) is 1.52. The Labute approximate surface area is 166 Å². The molecule has 1 aliphatic rings. The molecule has 0 atom stereocenters. The van der Waals surface area contributed by atoms with Crippen LogP contribution >= 0.6 is 0 Å². The number of rotatable bonds is 4. The monoisotopic (exact) mass is 387 g/mol. The van der Waals surface area contributed by atoms with Crippen molar-refractivity contribution >= 4 is 29.6 Å². The number of carbonyl (C=O) groups is 3. The molecule has 0 bridgehead atoms. The van der Waals surface area contributed by atoms with E-state index in [4.69, 9.17) is 4.74 Å². The number of anilines is 1. The first kappa shape index (κ1) is 18.2. The van der Waals surface area contributed by atoms with Gasteiger partial charge in [-0.1, -0.05) is 18.2 Å². The van der Waals surface area contributed by atoms with Crippen LogP contribution in [0.3, 0.4) is 0 Å². The molecule has 0 unspecified atom stereocenters. The van der Waals surface area contributed by atoms with Crippen molar-refractivity contribution in [1.82, 2.24) is 9.88 Å². The molecular weight excluding hydrogens is 370 g/mol. The van der Waals surface area contributed by atoms with E-state index in [0.717, 1.165) is 10.6 Å². The van der Waals surface area contributed by atoms with Crippen LogP contribution in [0.25, 0.3) is 11.8 Å². The minimum absolute atomic E-state index is 0.128. The number of aromatic nitrogens is 1. The first-order valence-corrected chi connectivity index (χ1v) is 8.87. The van der Waals surface area contributed by atoms with E-state index in [9.17, 15) is 14.4 Å². The average molecular weight is 387 g/mol. The van der Waals surface area contributed by atoms with Crippen LogP contribution in [0.1, 0.15) is 5.69 Å². The number of hydrogen-bond acceptors (Lipinski definition) is 4. The number of benzene rings is 2. The Hall–Kier alpha value is -4.13. The third-order valence-electron chi connectivity index (χ3n) is 4.54. The maximum Gasteiger partial charge on any atom is 0.335 e. The molecule has 7 heteroatoms. The van der Waals surface area contributed by atoms with Crippen LogP contribution in [0.2, 0.25) is 0 Å². The number of nitrogens with one attached hydrogen (secondary N) is 1. The normalized spacial score (nSPS) is 15.6. The Kier molecular flexibility index (Phi) is 4.70. The van der Waals surface area contributed by atoms with Gasteiger partial charge in [0.15, 0.2) is 0 Å². The minimum atomic E-state index is -0.791. The lowest BCUT2D eigenvalue weighted by atomic mass is 10.1. The smallest absolute Gasteiger partial charge is 0.335 e. The number of amides is 4. The molecule has 1 saturated heterocycles. The van der Waals surface area contributed by atoms with E-state index in [1.807, 2.05) is 47.2 Å². The highest BCUT2D eigenvalue weighted by atomic mass is 16.5. The van der Waals surface area contributed by atoms with Crippen molar-refractivity contribution in [3.8, 4) is 11.4 Å². The summed E-state index contributed by atoms with van der Waals surface area (Å²) in [5.41, 5.74) is 1.73. The predicted octanol–water partition coefficient (Wildman–Crippen LogP) is 3.15. The van der Waals surface area contributed by atoms with E-state index in [1.54, 1.807) is 30.3 Å². The first-order chi connectivity index (χ1) is 14.1. The largest absolute Gasteiger partial charge is 0.497 e. The van der Waals surface area contributed by atoms with E-state index in [0.29, 0.717) is 17.1 Å². The Balaban J connectivity index is 1.72. The fourth-order valence-corrected chi connectivity index (χ4v) is 3.11. The molecule has 1 aliphatic heterocycles. The number of carbonyl (C=O) groups excluding carboxylic acids is 3. The molecular formula is C22H17N3O4. The van der Waals surface area contributed by atoms with Gasteiger partial charge in [0, 0.05) is 17.6 Å². The van der Waals surface area contributed by atoms with Crippen LogP contribution in [0, 0.1) is 0 Å². The number of barbiturate groups is 1. The minimum Gasteiger partial charge on any atom is -0.497 e. The Morgan fingerprint density at radius 2 is 1.59 bits per heavy atom. The van der Waals surface area contributed by atoms with E-state index in [-0.39, 0.29) is 5.57 Å². The molecule has 0 aliphatic carbocycles. The van der Waals surface area contributed by atoms with Gasteiger partial charge in [0.05, 0.1) is 12.8 Å². The number of urea groups is 1. The van der Waals surface area contributed by atoms with E-state index in [2.05, 4.69) is 5.32 Å². The van der Waals surface area contributed by atoms with Crippen molar-refractivity contribution < 1.29 is 19.1 Å². The molecule has 144 valence electrons. The Bertz CT molecular complexity index is 1110. The van der Waals surface area contributed by atoms with Crippen molar-refractivity contribution in [3.05, 3.63) is 84.2 Å². The zero-order valence-electron chi connectivity index (χ0n) is 15.5. The molecule has 29 heavy (non-hydrogen) atoms. The van der Waals surface area contributed by atoms with Crippen LogP contribution in [-0.4, -0.2) is 29.5 Å². The maximum absolute atomic E-state index is 13.0. The molecule has 2 heterocycles. The number of ether oxygens (including phenoxy) is 1. The number of imide groups is 2. The highest BCUT2D eigenvalue weighted by Crippen LogP contribution is 2.24. The van der Waals surface area contributed by atoms with Gasteiger partial charge >= 0.3 is 6.03 Å². The van der Waals surface area contributed by atoms with Crippen molar-refractivity contribution in [2.75, 3.05) is 12.0 Å². The quantitative estimate of drug-likeness (QED) is 0.551. The lowest BCUT2D eigenvalue weighted by molar-refractivity contribution is -0.122. The maximum atomic E-state index is 13.0. The summed E-state index contributed by atoms with van der Waals surface area (Å²) in [6, 6.07) is 18.8. The number of para-hydroxylation sites is 1. The Morgan fingerprint density at radius 3 is 2.28 bits per heavy atom. The molecule has 3 aromatic rings. The van der Waals surface area contributed by atoms with Gasteiger partial charge < -0.3 is 9.30 Å². The highest BCUT2D eigenvalue weighted by molar-refractivity contribution is 6.39. The van der Waals surface area contributed by atoms with Gasteiger partial charge in [-0.15, -0.1) is 0 Å². The van der Waals surface area contributed by atoms with Gasteiger partial charge in [0.25, 0.3) is 11.8 Å². The summed E-state index contributed by atoms with van der Waals surface area (Å²) in [6.07, 6.45) is 3.31. The second-order valence-corrected chi connectivity index (χ2v) is 6.29. The summed E-state index contributed by atoms with van der Waals surface area (Å²) in [6.45, 7) is 0. The van der Waals surface area contributed by atoms with Crippen molar-refractivity contribution in [2.24, 2.45) is 0 Å². The van der Waals surface area contributed by atoms with Gasteiger partial charge in [0.1, 0.15) is 11.3 Å². The van der Waals surface area contributed by atoms with Gasteiger partial charge in [-0.3, -0.25) is 14.9 Å². The summed E-state index contributed by atoms with van der Waals surface area (Å²) in [4.78, 5) is 38.6. The van der Waals surface area contributed by atoms with Crippen LogP contribution < -0.4 is 15.0 Å². The fraction of sp³-hybridized carbons (Fsp3) is 0.0455. The molecule has 0 spiro atoms. The van der Waals surface area contributed by atoms with Crippen molar-refractivity contribution in [1.29, 1.82) is 0 Å². The average Bonchev–Trinajstić information content (AvgIpc) is 3.20. The fourth-order valence-electron chi connectivity index (χ4n) is 3.11.